The fraction of sp³-hybridized carbons (Fsp3) is 0.286. The van der Waals surface area contributed by atoms with Gasteiger partial charge in [-0.15, -0.1) is 11.6 Å². The molecule has 94 valence electrons. The molecule has 0 spiro atoms. The quantitative estimate of drug-likeness (QED) is 0.793. The number of ether oxygens (including phenoxy) is 1. The van der Waals surface area contributed by atoms with Gasteiger partial charge in [-0.25, -0.2) is 9.97 Å². The maximum absolute atomic E-state index is 6.39. The van der Waals surface area contributed by atoms with Crippen LogP contribution in [0, 0.1) is 6.92 Å². The molecule has 0 saturated carbocycles. The number of hydrogen-bond donors (Lipinski definition) is 0. The third kappa shape index (κ3) is 3.20. The Morgan fingerprint density at radius 3 is 2.61 bits per heavy atom. The van der Waals surface area contributed by atoms with Crippen LogP contribution < -0.4 is 4.74 Å². The highest BCUT2D eigenvalue weighted by Crippen LogP contribution is 2.25. The highest BCUT2D eigenvalue weighted by Gasteiger charge is 2.10. The number of aromatic nitrogens is 2. The molecule has 0 fully saturated rings. The fourth-order valence-corrected chi connectivity index (χ4v) is 1.98. The van der Waals surface area contributed by atoms with E-state index in [-0.39, 0.29) is 5.38 Å². The topological polar surface area (TPSA) is 35.0 Å². The van der Waals surface area contributed by atoms with Crippen molar-refractivity contribution >= 4 is 11.6 Å². The first-order valence-corrected chi connectivity index (χ1v) is 6.18. The number of hydrogen-bond acceptors (Lipinski definition) is 3. The number of aryl methyl sites for hydroxylation is 1. The Bertz CT molecular complexity index is 513. The molecule has 3 nitrogen and oxygen atoms in total. The van der Waals surface area contributed by atoms with Crippen molar-refractivity contribution in [1.82, 2.24) is 9.97 Å². The van der Waals surface area contributed by atoms with E-state index in [0.717, 1.165) is 11.3 Å². The second-order valence-electron chi connectivity index (χ2n) is 4.13. The zero-order valence-corrected chi connectivity index (χ0v) is 11.2. The van der Waals surface area contributed by atoms with Gasteiger partial charge in [0.25, 0.3) is 0 Å². The van der Waals surface area contributed by atoms with Crippen molar-refractivity contribution in [3.63, 3.8) is 0 Å². The van der Waals surface area contributed by atoms with Gasteiger partial charge in [0.1, 0.15) is 6.33 Å². The molecule has 0 bridgehead atoms. The summed E-state index contributed by atoms with van der Waals surface area (Å²) in [6, 6.07) is 10.0. The Morgan fingerprint density at radius 2 is 1.94 bits per heavy atom. The van der Waals surface area contributed by atoms with E-state index in [2.05, 4.69) is 29.0 Å². The SMILES string of the molecule is COc1cc(CC(Cl)c2ccc(C)cc2)ncn1. The monoisotopic (exact) mass is 262 g/mol. The largest absolute Gasteiger partial charge is 0.481 e. The third-order valence-corrected chi connectivity index (χ3v) is 3.14. The van der Waals surface area contributed by atoms with Gasteiger partial charge in [0, 0.05) is 18.2 Å². The Kier molecular flexibility index (Phi) is 4.15. The number of rotatable bonds is 4. The summed E-state index contributed by atoms with van der Waals surface area (Å²) in [6.45, 7) is 2.06. The van der Waals surface area contributed by atoms with Crippen molar-refractivity contribution in [2.24, 2.45) is 0 Å². The van der Waals surface area contributed by atoms with Crippen LogP contribution in [-0.2, 0) is 6.42 Å². The van der Waals surface area contributed by atoms with E-state index in [4.69, 9.17) is 16.3 Å². The fourth-order valence-electron chi connectivity index (χ4n) is 1.68. The van der Waals surface area contributed by atoms with Crippen LogP contribution in [0.5, 0.6) is 5.88 Å². The van der Waals surface area contributed by atoms with Crippen molar-refractivity contribution in [3.8, 4) is 5.88 Å². The van der Waals surface area contributed by atoms with Crippen molar-refractivity contribution in [2.45, 2.75) is 18.7 Å². The smallest absolute Gasteiger partial charge is 0.216 e. The van der Waals surface area contributed by atoms with Gasteiger partial charge >= 0.3 is 0 Å². The van der Waals surface area contributed by atoms with E-state index < -0.39 is 0 Å². The molecule has 0 aliphatic heterocycles. The summed E-state index contributed by atoms with van der Waals surface area (Å²) < 4.78 is 5.06. The summed E-state index contributed by atoms with van der Waals surface area (Å²) in [5, 5.41) is -0.0924. The Labute approximate surface area is 112 Å². The van der Waals surface area contributed by atoms with Crippen molar-refractivity contribution in [3.05, 3.63) is 53.5 Å². The molecular formula is C14H15ClN2O. The predicted molar refractivity (Wildman–Crippen MR) is 72.1 cm³/mol. The summed E-state index contributed by atoms with van der Waals surface area (Å²) in [5.41, 5.74) is 3.20. The van der Waals surface area contributed by atoms with Crippen molar-refractivity contribution in [1.29, 1.82) is 0 Å². The lowest BCUT2D eigenvalue weighted by Crippen LogP contribution is -2.00. The minimum Gasteiger partial charge on any atom is -0.481 e. The molecule has 0 aliphatic rings. The lowest BCUT2D eigenvalue weighted by Gasteiger charge is -2.10. The lowest BCUT2D eigenvalue weighted by atomic mass is 10.1. The van der Waals surface area contributed by atoms with Gasteiger partial charge in [-0.1, -0.05) is 29.8 Å². The van der Waals surface area contributed by atoms with Crippen LogP contribution >= 0.6 is 11.6 Å². The van der Waals surface area contributed by atoms with Crippen LogP contribution in [0.25, 0.3) is 0 Å². The molecule has 18 heavy (non-hydrogen) atoms. The van der Waals surface area contributed by atoms with Gasteiger partial charge in [0.2, 0.25) is 5.88 Å². The number of alkyl halides is 1. The van der Waals surface area contributed by atoms with Crippen LogP contribution in [0.4, 0.5) is 0 Å². The van der Waals surface area contributed by atoms with Gasteiger partial charge in [-0.3, -0.25) is 0 Å². The first-order valence-electron chi connectivity index (χ1n) is 5.74. The molecule has 1 aromatic carbocycles. The third-order valence-electron chi connectivity index (χ3n) is 2.74. The summed E-state index contributed by atoms with van der Waals surface area (Å²) in [5.74, 6) is 0.563. The second kappa shape index (κ2) is 5.83. The van der Waals surface area contributed by atoms with E-state index in [0.29, 0.717) is 12.3 Å². The molecule has 1 unspecified atom stereocenters. The van der Waals surface area contributed by atoms with Crippen LogP contribution in [0.3, 0.4) is 0 Å². The highest BCUT2D eigenvalue weighted by atomic mass is 35.5. The summed E-state index contributed by atoms with van der Waals surface area (Å²) >= 11 is 6.39. The Balaban J connectivity index is 2.10. The van der Waals surface area contributed by atoms with E-state index in [1.54, 1.807) is 7.11 Å². The second-order valence-corrected chi connectivity index (χ2v) is 4.66. The summed E-state index contributed by atoms with van der Waals surface area (Å²) in [7, 11) is 1.59. The summed E-state index contributed by atoms with van der Waals surface area (Å²) in [6.07, 6.45) is 2.15. The number of benzene rings is 1. The predicted octanol–water partition coefficient (Wildman–Crippen LogP) is 3.32. The lowest BCUT2D eigenvalue weighted by molar-refractivity contribution is 0.396. The first-order chi connectivity index (χ1) is 8.69. The molecule has 4 heteroatoms. The van der Waals surface area contributed by atoms with Crippen molar-refractivity contribution < 1.29 is 4.74 Å². The molecule has 0 saturated heterocycles. The average Bonchev–Trinajstić information content (AvgIpc) is 2.39. The van der Waals surface area contributed by atoms with Gasteiger partial charge in [-0.2, -0.15) is 0 Å². The standard InChI is InChI=1S/C14H15ClN2O/c1-10-3-5-11(6-4-10)13(15)7-12-8-14(18-2)17-9-16-12/h3-6,8-9,13H,7H2,1-2H3. The molecule has 2 aromatic rings. The van der Waals surface area contributed by atoms with Gasteiger partial charge < -0.3 is 4.74 Å². The summed E-state index contributed by atoms with van der Waals surface area (Å²) in [4.78, 5) is 8.17. The average molecular weight is 263 g/mol. The molecule has 1 heterocycles. The van der Waals surface area contributed by atoms with Gasteiger partial charge in [0.15, 0.2) is 0 Å². The first kappa shape index (κ1) is 12.8. The molecule has 1 aromatic heterocycles. The molecule has 0 amide bonds. The number of halogens is 1. The molecule has 2 rings (SSSR count). The maximum atomic E-state index is 6.39. The highest BCUT2D eigenvalue weighted by molar-refractivity contribution is 6.20. The van der Waals surface area contributed by atoms with E-state index in [9.17, 15) is 0 Å². The minimum absolute atomic E-state index is 0.0924. The minimum atomic E-state index is -0.0924. The zero-order valence-electron chi connectivity index (χ0n) is 10.4. The van der Waals surface area contributed by atoms with Crippen LogP contribution in [-0.4, -0.2) is 17.1 Å². The van der Waals surface area contributed by atoms with Gasteiger partial charge in [0.05, 0.1) is 12.5 Å². The Morgan fingerprint density at radius 1 is 1.22 bits per heavy atom. The molecular weight excluding hydrogens is 248 g/mol. The number of methoxy groups -OCH3 is 1. The van der Waals surface area contributed by atoms with E-state index in [1.807, 2.05) is 18.2 Å². The number of nitrogens with zero attached hydrogens (tertiary/aromatic N) is 2. The molecule has 1 atom stereocenters. The Hall–Kier alpha value is -1.61. The maximum Gasteiger partial charge on any atom is 0.216 e. The zero-order chi connectivity index (χ0) is 13.0. The van der Waals surface area contributed by atoms with Crippen LogP contribution in [0.15, 0.2) is 36.7 Å². The molecule has 0 N–H and O–H groups in total. The van der Waals surface area contributed by atoms with Crippen LogP contribution in [0.1, 0.15) is 22.2 Å². The van der Waals surface area contributed by atoms with E-state index in [1.165, 1.54) is 11.9 Å². The van der Waals surface area contributed by atoms with Crippen molar-refractivity contribution in [2.75, 3.05) is 7.11 Å². The van der Waals surface area contributed by atoms with Crippen LogP contribution in [0.2, 0.25) is 0 Å². The van der Waals surface area contributed by atoms with Gasteiger partial charge in [-0.05, 0) is 12.5 Å². The van der Waals surface area contributed by atoms with E-state index >= 15 is 0 Å². The molecule has 0 aliphatic carbocycles. The normalized spacial score (nSPS) is 12.2. The molecule has 0 radical (unpaired) electrons.